The summed E-state index contributed by atoms with van der Waals surface area (Å²) in [6, 6.07) is 14.0. The number of carbonyl (C=O) groups excluding carboxylic acids is 1. The summed E-state index contributed by atoms with van der Waals surface area (Å²) in [5.74, 6) is 0.512. The van der Waals surface area contributed by atoms with Crippen molar-refractivity contribution in [3.63, 3.8) is 0 Å². The van der Waals surface area contributed by atoms with Crippen LogP contribution in [0.1, 0.15) is 12.0 Å². The maximum Gasteiger partial charge on any atom is 0.315 e. The number of halogens is 1. The summed E-state index contributed by atoms with van der Waals surface area (Å²) in [7, 11) is 1.65. The maximum absolute atomic E-state index is 13.6. The molecule has 1 aliphatic rings. The first-order valence-corrected chi connectivity index (χ1v) is 8.33. The van der Waals surface area contributed by atoms with E-state index in [1.54, 1.807) is 25.3 Å². The Balaban J connectivity index is 1.51. The van der Waals surface area contributed by atoms with Gasteiger partial charge in [0.05, 0.1) is 12.8 Å². The molecule has 1 saturated heterocycles. The van der Waals surface area contributed by atoms with Gasteiger partial charge in [0.25, 0.3) is 0 Å². The molecule has 0 bridgehead atoms. The second kappa shape index (κ2) is 7.88. The van der Waals surface area contributed by atoms with E-state index in [-0.39, 0.29) is 24.4 Å². The van der Waals surface area contributed by atoms with Gasteiger partial charge in [-0.2, -0.15) is 0 Å². The lowest BCUT2D eigenvalue weighted by molar-refractivity contribution is 0.237. The molecule has 1 aliphatic heterocycles. The second-order valence-corrected chi connectivity index (χ2v) is 6.02. The van der Waals surface area contributed by atoms with E-state index < -0.39 is 0 Å². The summed E-state index contributed by atoms with van der Waals surface area (Å²) in [4.78, 5) is 14.3. The number of rotatable bonds is 5. The minimum Gasteiger partial charge on any atom is -0.495 e. The maximum atomic E-state index is 13.6. The van der Waals surface area contributed by atoms with E-state index in [0.717, 1.165) is 24.4 Å². The molecule has 0 spiro atoms. The van der Waals surface area contributed by atoms with E-state index in [9.17, 15) is 9.18 Å². The summed E-state index contributed by atoms with van der Waals surface area (Å²) in [6.45, 7) is 1.73. The van der Waals surface area contributed by atoms with Crippen LogP contribution in [0.4, 0.5) is 14.9 Å². The third-order valence-electron chi connectivity index (χ3n) is 4.35. The molecule has 2 aromatic rings. The number of hydrogen-bond acceptors (Lipinski definition) is 3. The van der Waals surface area contributed by atoms with Crippen molar-refractivity contribution in [2.24, 2.45) is 0 Å². The lowest BCUT2D eigenvalue weighted by atomic mass is 10.2. The van der Waals surface area contributed by atoms with Gasteiger partial charge in [-0.25, -0.2) is 9.18 Å². The van der Waals surface area contributed by atoms with Gasteiger partial charge in [-0.05, 0) is 24.6 Å². The number of para-hydroxylation sites is 2. The fourth-order valence-corrected chi connectivity index (χ4v) is 3.04. The highest BCUT2D eigenvalue weighted by molar-refractivity contribution is 5.74. The van der Waals surface area contributed by atoms with Crippen molar-refractivity contribution in [1.29, 1.82) is 0 Å². The molecular formula is C19H22FN3O2. The monoisotopic (exact) mass is 343 g/mol. The SMILES string of the molecule is COc1ccccc1N1CCC(NC(=O)NCc2ccccc2F)C1. The van der Waals surface area contributed by atoms with Crippen LogP contribution in [-0.2, 0) is 6.54 Å². The van der Waals surface area contributed by atoms with Gasteiger partial charge in [0.1, 0.15) is 11.6 Å². The molecule has 132 valence electrons. The Labute approximate surface area is 146 Å². The topological polar surface area (TPSA) is 53.6 Å². The zero-order chi connectivity index (χ0) is 17.6. The van der Waals surface area contributed by atoms with E-state index in [1.807, 2.05) is 24.3 Å². The largest absolute Gasteiger partial charge is 0.495 e. The molecule has 1 unspecified atom stereocenters. The van der Waals surface area contributed by atoms with Gasteiger partial charge in [-0.1, -0.05) is 30.3 Å². The molecule has 1 heterocycles. The van der Waals surface area contributed by atoms with E-state index >= 15 is 0 Å². The predicted molar refractivity (Wildman–Crippen MR) is 95.4 cm³/mol. The van der Waals surface area contributed by atoms with Crippen LogP contribution in [0.15, 0.2) is 48.5 Å². The minimum absolute atomic E-state index is 0.0468. The Hall–Kier alpha value is -2.76. The number of amides is 2. The molecule has 5 nitrogen and oxygen atoms in total. The average Bonchev–Trinajstić information content (AvgIpc) is 3.09. The normalized spacial score (nSPS) is 16.6. The predicted octanol–water partition coefficient (Wildman–Crippen LogP) is 2.91. The highest BCUT2D eigenvalue weighted by Gasteiger charge is 2.25. The summed E-state index contributed by atoms with van der Waals surface area (Å²) < 4.78 is 19.0. The number of carbonyl (C=O) groups is 1. The van der Waals surface area contributed by atoms with Crippen LogP contribution in [0.3, 0.4) is 0 Å². The van der Waals surface area contributed by atoms with Crippen molar-refractivity contribution in [2.75, 3.05) is 25.1 Å². The molecule has 1 fully saturated rings. The van der Waals surface area contributed by atoms with Crippen molar-refractivity contribution in [2.45, 2.75) is 19.0 Å². The number of ether oxygens (including phenoxy) is 1. The molecule has 1 atom stereocenters. The molecule has 2 N–H and O–H groups in total. The second-order valence-electron chi connectivity index (χ2n) is 6.02. The summed E-state index contributed by atoms with van der Waals surface area (Å²) in [5, 5.41) is 5.66. The highest BCUT2D eigenvalue weighted by Crippen LogP contribution is 2.30. The number of nitrogens with zero attached hydrogens (tertiary/aromatic N) is 1. The number of benzene rings is 2. The van der Waals surface area contributed by atoms with Gasteiger partial charge >= 0.3 is 6.03 Å². The third-order valence-corrected chi connectivity index (χ3v) is 4.35. The van der Waals surface area contributed by atoms with Gasteiger partial charge in [0.2, 0.25) is 0 Å². The van der Waals surface area contributed by atoms with Gasteiger partial charge < -0.3 is 20.3 Å². The molecule has 0 aromatic heterocycles. The average molecular weight is 343 g/mol. The fraction of sp³-hybridized carbons (Fsp3) is 0.316. The molecule has 3 rings (SSSR count). The first kappa shape index (κ1) is 17.1. The Morgan fingerprint density at radius 3 is 2.80 bits per heavy atom. The highest BCUT2D eigenvalue weighted by atomic mass is 19.1. The van der Waals surface area contributed by atoms with E-state index in [0.29, 0.717) is 12.1 Å². The van der Waals surface area contributed by atoms with Gasteiger partial charge in [0.15, 0.2) is 0 Å². The van der Waals surface area contributed by atoms with Gasteiger partial charge in [-0.3, -0.25) is 0 Å². The smallest absolute Gasteiger partial charge is 0.315 e. The van der Waals surface area contributed by atoms with E-state index in [4.69, 9.17) is 4.74 Å². The van der Waals surface area contributed by atoms with Crippen LogP contribution >= 0.6 is 0 Å². The molecule has 2 amide bonds. The number of urea groups is 1. The van der Waals surface area contributed by atoms with Crippen molar-refractivity contribution in [3.05, 3.63) is 59.9 Å². The fourth-order valence-electron chi connectivity index (χ4n) is 3.04. The van der Waals surface area contributed by atoms with Crippen LogP contribution in [0.25, 0.3) is 0 Å². The Morgan fingerprint density at radius 1 is 1.24 bits per heavy atom. The van der Waals surface area contributed by atoms with Crippen LogP contribution in [0.5, 0.6) is 5.75 Å². The Morgan fingerprint density at radius 2 is 2.00 bits per heavy atom. The molecule has 0 aliphatic carbocycles. The summed E-state index contributed by atoms with van der Waals surface area (Å²) in [5.41, 5.74) is 1.50. The van der Waals surface area contributed by atoms with Crippen molar-refractivity contribution >= 4 is 11.7 Å². The minimum atomic E-state index is -0.314. The van der Waals surface area contributed by atoms with Gasteiger partial charge in [-0.15, -0.1) is 0 Å². The standard InChI is InChI=1S/C19H22FN3O2/c1-25-18-9-5-4-8-17(18)23-11-10-15(13-23)22-19(24)21-12-14-6-2-3-7-16(14)20/h2-9,15H,10-13H2,1H3,(H2,21,22,24). The number of nitrogens with one attached hydrogen (secondary N) is 2. The van der Waals surface area contributed by atoms with Crippen LogP contribution in [-0.4, -0.2) is 32.3 Å². The molecule has 0 saturated carbocycles. The molecule has 2 aromatic carbocycles. The summed E-state index contributed by atoms with van der Waals surface area (Å²) in [6.07, 6.45) is 0.852. The van der Waals surface area contributed by atoms with Crippen molar-refractivity contribution in [1.82, 2.24) is 10.6 Å². The lowest BCUT2D eigenvalue weighted by Gasteiger charge is -2.21. The van der Waals surface area contributed by atoms with Crippen LogP contribution in [0.2, 0.25) is 0 Å². The number of methoxy groups -OCH3 is 1. The van der Waals surface area contributed by atoms with Crippen LogP contribution < -0.4 is 20.3 Å². The first-order valence-electron chi connectivity index (χ1n) is 8.33. The zero-order valence-electron chi connectivity index (χ0n) is 14.2. The number of anilines is 1. The Kier molecular flexibility index (Phi) is 5.38. The third kappa shape index (κ3) is 4.21. The molecule has 6 heteroatoms. The molecular weight excluding hydrogens is 321 g/mol. The molecule has 25 heavy (non-hydrogen) atoms. The van der Waals surface area contributed by atoms with E-state index in [2.05, 4.69) is 15.5 Å². The lowest BCUT2D eigenvalue weighted by Crippen LogP contribution is -2.43. The van der Waals surface area contributed by atoms with Crippen LogP contribution in [0, 0.1) is 5.82 Å². The summed E-state index contributed by atoms with van der Waals surface area (Å²) >= 11 is 0. The Bertz CT molecular complexity index is 738. The zero-order valence-corrected chi connectivity index (χ0v) is 14.2. The van der Waals surface area contributed by atoms with Crippen molar-refractivity contribution < 1.29 is 13.9 Å². The van der Waals surface area contributed by atoms with Crippen molar-refractivity contribution in [3.8, 4) is 5.75 Å². The van der Waals surface area contributed by atoms with Gasteiger partial charge in [0, 0.05) is 31.2 Å². The molecule has 0 radical (unpaired) electrons. The van der Waals surface area contributed by atoms with E-state index in [1.165, 1.54) is 6.07 Å². The first-order chi connectivity index (χ1) is 12.2. The quantitative estimate of drug-likeness (QED) is 0.878. The number of hydrogen-bond donors (Lipinski definition) is 2.